The van der Waals surface area contributed by atoms with E-state index in [9.17, 15) is 9.90 Å². The maximum absolute atomic E-state index is 11.9. The van der Waals surface area contributed by atoms with Crippen molar-refractivity contribution in [1.82, 2.24) is 0 Å². The third-order valence-corrected chi connectivity index (χ3v) is 2.81. The van der Waals surface area contributed by atoms with Crippen LogP contribution in [0, 0.1) is 0 Å². The molecule has 0 aliphatic rings. The summed E-state index contributed by atoms with van der Waals surface area (Å²) in [5.74, 6) is -0.114. The molecule has 0 amide bonds. The quantitative estimate of drug-likeness (QED) is 0.498. The van der Waals surface area contributed by atoms with Crippen LogP contribution in [0.4, 0.5) is 0 Å². The van der Waals surface area contributed by atoms with Gasteiger partial charge in [-0.1, -0.05) is 12.1 Å². The topological polar surface area (TPSA) is 83.0 Å². The zero-order valence-corrected chi connectivity index (χ0v) is 10.6. The van der Waals surface area contributed by atoms with E-state index in [4.69, 9.17) is 9.52 Å². The van der Waals surface area contributed by atoms with Crippen molar-refractivity contribution in [3.05, 3.63) is 40.2 Å². The summed E-state index contributed by atoms with van der Waals surface area (Å²) in [5.41, 5.74) is 0.223. The normalized spacial score (nSPS) is 12.0. The minimum absolute atomic E-state index is 0.0368. The molecule has 2 rings (SSSR count). The molecule has 2 N–H and O–H groups in total. The lowest BCUT2D eigenvalue weighted by Crippen LogP contribution is -2.13. The second kappa shape index (κ2) is 5.67. The Hall–Kier alpha value is -2.14. The molecule has 5 heteroatoms. The van der Waals surface area contributed by atoms with Crippen molar-refractivity contribution in [2.24, 2.45) is 4.99 Å². The molecule has 1 heterocycles. The van der Waals surface area contributed by atoms with Gasteiger partial charge in [-0.3, -0.25) is 4.99 Å². The van der Waals surface area contributed by atoms with Crippen molar-refractivity contribution in [2.75, 3.05) is 13.2 Å². The number of aliphatic hydroxyl groups is 1. The van der Waals surface area contributed by atoms with Gasteiger partial charge in [-0.25, -0.2) is 4.79 Å². The number of aromatic hydroxyl groups is 1. The molecule has 5 nitrogen and oxygen atoms in total. The molecule has 0 saturated heterocycles. The van der Waals surface area contributed by atoms with E-state index >= 15 is 0 Å². The average Bonchev–Trinajstić information content (AvgIpc) is 2.39. The van der Waals surface area contributed by atoms with Crippen LogP contribution < -0.4 is 5.63 Å². The van der Waals surface area contributed by atoms with Gasteiger partial charge in [-0.2, -0.15) is 0 Å². The number of aliphatic hydroxyl groups excluding tert-OH is 1. The smallest absolute Gasteiger partial charge is 0.349 e. The molecule has 1 aromatic carbocycles. The van der Waals surface area contributed by atoms with E-state index in [2.05, 4.69) is 4.99 Å². The van der Waals surface area contributed by atoms with Crippen molar-refractivity contribution in [2.45, 2.75) is 13.3 Å². The fourth-order valence-corrected chi connectivity index (χ4v) is 1.85. The number of nitrogens with zero attached hydrogens (tertiary/aromatic N) is 1. The maximum atomic E-state index is 11.9. The zero-order chi connectivity index (χ0) is 13.8. The lowest BCUT2D eigenvalue weighted by atomic mass is 10.1. The summed E-state index contributed by atoms with van der Waals surface area (Å²) < 4.78 is 5.16. The summed E-state index contributed by atoms with van der Waals surface area (Å²) in [6.07, 6.45) is 0.511. The van der Waals surface area contributed by atoms with Gasteiger partial charge in [0.25, 0.3) is 0 Å². The van der Waals surface area contributed by atoms with Crippen molar-refractivity contribution in [3.8, 4) is 5.75 Å². The van der Waals surface area contributed by atoms with E-state index in [1.165, 1.54) is 0 Å². The van der Waals surface area contributed by atoms with Crippen LogP contribution in [-0.2, 0) is 0 Å². The van der Waals surface area contributed by atoms with Crippen LogP contribution in [0.25, 0.3) is 11.0 Å². The van der Waals surface area contributed by atoms with E-state index in [0.29, 0.717) is 29.6 Å². The first-order valence-electron chi connectivity index (χ1n) is 6.02. The highest BCUT2D eigenvalue weighted by molar-refractivity contribution is 6.04. The number of rotatable bonds is 4. The summed E-state index contributed by atoms with van der Waals surface area (Å²) in [6, 6.07) is 6.78. The van der Waals surface area contributed by atoms with E-state index < -0.39 is 5.63 Å². The van der Waals surface area contributed by atoms with Gasteiger partial charge in [0.2, 0.25) is 0 Å². The summed E-state index contributed by atoms with van der Waals surface area (Å²) in [4.78, 5) is 16.0. The number of benzene rings is 1. The summed E-state index contributed by atoms with van der Waals surface area (Å²) in [6.45, 7) is 2.07. The third-order valence-electron chi connectivity index (χ3n) is 2.81. The molecule has 0 aliphatic heterocycles. The molecule has 0 spiro atoms. The second-order valence-corrected chi connectivity index (χ2v) is 4.15. The molecule has 0 saturated carbocycles. The molecule has 0 fully saturated rings. The van der Waals surface area contributed by atoms with Gasteiger partial charge in [0, 0.05) is 13.2 Å². The molecule has 0 radical (unpaired) electrons. The van der Waals surface area contributed by atoms with Gasteiger partial charge in [0.15, 0.2) is 0 Å². The van der Waals surface area contributed by atoms with Crippen LogP contribution in [0.15, 0.2) is 38.5 Å². The molecule has 19 heavy (non-hydrogen) atoms. The van der Waals surface area contributed by atoms with Crippen LogP contribution in [0.1, 0.15) is 18.9 Å². The first-order valence-corrected chi connectivity index (χ1v) is 6.02. The zero-order valence-electron chi connectivity index (χ0n) is 10.6. The van der Waals surface area contributed by atoms with Gasteiger partial charge in [0.05, 0.1) is 11.1 Å². The van der Waals surface area contributed by atoms with Crippen LogP contribution >= 0.6 is 0 Å². The fourth-order valence-electron chi connectivity index (χ4n) is 1.85. The minimum atomic E-state index is -0.610. The summed E-state index contributed by atoms with van der Waals surface area (Å²) in [7, 11) is 0. The number of hydrogen-bond acceptors (Lipinski definition) is 5. The highest BCUT2D eigenvalue weighted by atomic mass is 16.4. The Bertz CT molecular complexity index is 673. The summed E-state index contributed by atoms with van der Waals surface area (Å²) >= 11 is 0. The van der Waals surface area contributed by atoms with E-state index in [0.717, 1.165) is 0 Å². The van der Waals surface area contributed by atoms with Crippen LogP contribution in [0.3, 0.4) is 0 Å². The van der Waals surface area contributed by atoms with Crippen molar-refractivity contribution in [1.29, 1.82) is 0 Å². The number of aliphatic imine (C=N–C) groups is 1. The van der Waals surface area contributed by atoms with Gasteiger partial charge in [-0.05, 0) is 25.5 Å². The van der Waals surface area contributed by atoms with Crippen LogP contribution in [0.5, 0.6) is 5.75 Å². The van der Waals surface area contributed by atoms with Gasteiger partial charge < -0.3 is 14.6 Å². The molecule has 0 bridgehead atoms. The fraction of sp³-hybridized carbons (Fsp3) is 0.286. The Labute approximate surface area is 109 Å². The number of fused-ring (bicyclic) bond motifs is 1. The largest absolute Gasteiger partial charge is 0.506 e. The predicted molar refractivity (Wildman–Crippen MR) is 72.9 cm³/mol. The van der Waals surface area contributed by atoms with Crippen LogP contribution in [-0.4, -0.2) is 29.1 Å². The van der Waals surface area contributed by atoms with Crippen molar-refractivity contribution in [3.63, 3.8) is 0 Å². The lowest BCUT2D eigenvalue weighted by Gasteiger charge is -2.05. The second-order valence-electron chi connectivity index (χ2n) is 4.15. The molecular formula is C14H15NO4. The highest BCUT2D eigenvalue weighted by Crippen LogP contribution is 2.26. The molecule has 0 atom stereocenters. The average molecular weight is 261 g/mol. The Morgan fingerprint density at radius 1 is 1.37 bits per heavy atom. The molecule has 2 aromatic rings. The van der Waals surface area contributed by atoms with E-state index in [-0.39, 0.29) is 17.9 Å². The van der Waals surface area contributed by atoms with Crippen molar-refractivity contribution >= 4 is 16.7 Å². The molecule has 1 aromatic heterocycles. The predicted octanol–water partition coefficient (Wildman–Crippen LogP) is 1.69. The number of para-hydroxylation sites is 1. The number of hydrogen-bond donors (Lipinski definition) is 2. The van der Waals surface area contributed by atoms with E-state index in [1.807, 2.05) is 0 Å². The monoisotopic (exact) mass is 261 g/mol. The Kier molecular flexibility index (Phi) is 3.97. The third kappa shape index (κ3) is 2.66. The Morgan fingerprint density at radius 3 is 2.84 bits per heavy atom. The lowest BCUT2D eigenvalue weighted by molar-refractivity contribution is 0.291. The standard InChI is InChI=1S/C14H15NO4/c1-9(15-7-4-8-16)12-13(17)10-5-2-3-6-11(10)19-14(12)18/h2-3,5-6,16-17H,4,7-8H2,1H3. The first-order chi connectivity index (χ1) is 9.15. The van der Waals surface area contributed by atoms with Gasteiger partial charge in [0.1, 0.15) is 16.9 Å². The van der Waals surface area contributed by atoms with E-state index in [1.54, 1.807) is 31.2 Å². The Morgan fingerprint density at radius 2 is 2.11 bits per heavy atom. The van der Waals surface area contributed by atoms with Crippen LogP contribution in [0.2, 0.25) is 0 Å². The molecule has 0 aliphatic carbocycles. The molecular weight excluding hydrogens is 246 g/mol. The van der Waals surface area contributed by atoms with Gasteiger partial charge in [-0.15, -0.1) is 0 Å². The minimum Gasteiger partial charge on any atom is -0.506 e. The van der Waals surface area contributed by atoms with Gasteiger partial charge >= 0.3 is 5.63 Å². The maximum Gasteiger partial charge on any atom is 0.349 e. The highest BCUT2D eigenvalue weighted by Gasteiger charge is 2.15. The Balaban J connectivity index is 2.54. The molecule has 0 unspecified atom stereocenters. The summed E-state index contributed by atoms with van der Waals surface area (Å²) in [5, 5.41) is 19.3. The van der Waals surface area contributed by atoms with Crippen molar-refractivity contribution < 1.29 is 14.6 Å². The first kappa shape index (κ1) is 13.3. The molecule has 100 valence electrons. The SMILES string of the molecule is CC(=NCCCO)c1c(O)c2ccccc2oc1=O.